The van der Waals surface area contributed by atoms with E-state index in [1.165, 1.54) is 5.56 Å². The fraction of sp³-hybridized carbons (Fsp3) is 0.611. The fourth-order valence-corrected chi connectivity index (χ4v) is 2.99. The number of nitrogens with two attached hydrogens (primary N) is 1. The van der Waals surface area contributed by atoms with Gasteiger partial charge in [0.1, 0.15) is 0 Å². The lowest BCUT2D eigenvalue weighted by molar-refractivity contribution is -0.120. The van der Waals surface area contributed by atoms with Gasteiger partial charge in [-0.05, 0) is 25.8 Å². The molecule has 0 radical (unpaired) electrons. The maximum atomic E-state index is 11.3. The van der Waals surface area contributed by atoms with Gasteiger partial charge in [0.05, 0.1) is 12.6 Å². The summed E-state index contributed by atoms with van der Waals surface area (Å²) in [7, 11) is 0. The highest BCUT2D eigenvalue weighted by Gasteiger charge is 2.23. The van der Waals surface area contributed by atoms with Crippen molar-refractivity contribution in [2.45, 2.75) is 39.0 Å². The van der Waals surface area contributed by atoms with Gasteiger partial charge in [0.25, 0.3) is 0 Å². The van der Waals surface area contributed by atoms with Gasteiger partial charge in [-0.2, -0.15) is 0 Å². The van der Waals surface area contributed by atoms with Crippen LogP contribution in [0.5, 0.6) is 0 Å². The minimum Gasteiger partial charge on any atom is -0.376 e. The molecule has 0 saturated carbocycles. The van der Waals surface area contributed by atoms with E-state index in [-0.39, 0.29) is 24.6 Å². The lowest BCUT2D eigenvalue weighted by Gasteiger charge is -2.31. The highest BCUT2D eigenvalue weighted by molar-refractivity contribution is 5.75. The summed E-state index contributed by atoms with van der Waals surface area (Å²) < 4.78 is 6.00. The number of carbonyl (C=O) groups is 1. The van der Waals surface area contributed by atoms with Gasteiger partial charge in [-0.1, -0.05) is 30.3 Å². The summed E-state index contributed by atoms with van der Waals surface area (Å²) >= 11 is 0. The zero-order valence-electron chi connectivity index (χ0n) is 14.3. The van der Waals surface area contributed by atoms with Gasteiger partial charge in [-0.25, -0.2) is 0 Å². The number of amides is 1. The standard InChI is InChI=1S/C18H29N3O2/c1-15(2)21(14-18(19)22)13-17-12-20(9-6-10-23-17)11-16-7-4-3-5-8-16/h3-5,7-8,15,17H,6,9-14H2,1-2H3,(H2,19,22)/t17-/m1/s1. The quantitative estimate of drug-likeness (QED) is 0.827. The predicted molar refractivity (Wildman–Crippen MR) is 92.0 cm³/mol. The summed E-state index contributed by atoms with van der Waals surface area (Å²) in [5.41, 5.74) is 6.69. The number of hydrogen-bond donors (Lipinski definition) is 1. The molecule has 2 rings (SSSR count). The first-order chi connectivity index (χ1) is 11.0. The normalized spacial score (nSPS) is 19.9. The van der Waals surface area contributed by atoms with E-state index in [1.54, 1.807) is 0 Å². The molecule has 0 aromatic heterocycles. The zero-order chi connectivity index (χ0) is 16.7. The Labute approximate surface area is 139 Å². The van der Waals surface area contributed by atoms with Crippen LogP contribution in [0.4, 0.5) is 0 Å². The second-order valence-electron chi connectivity index (χ2n) is 6.56. The lowest BCUT2D eigenvalue weighted by Crippen LogP contribution is -2.46. The Bertz CT molecular complexity index is 478. The van der Waals surface area contributed by atoms with E-state index < -0.39 is 0 Å². The summed E-state index contributed by atoms with van der Waals surface area (Å²) in [5, 5.41) is 0. The minimum atomic E-state index is -0.284. The average molecular weight is 319 g/mol. The van der Waals surface area contributed by atoms with Crippen LogP contribution in [0.1, 0.15) is 25.8 Å². The predicted octanol–water partition coefficient (Wildman–Crippen LogP) is 1.47. The molecular weight excluding hydrogens is 290 g/mol. The molecule has 1 fully saturated rings. The van der Waals surface area contributed by atoms with Crippen molar-refractivity contribution < 1.29 is 9.53 Å². The van der Waals surface area contributed by atoms with Crippen LogP contribution in [-0.4, -0.2) is 60.6 Å². The summed E-state index contributed by atoms with van der Waals surface area (Å²) in [5.74, 6) is -0.284. The molecule has 1 heterocycles. The summed E-state index contributed by atoms with van der Waals surface area (Å²) in [4.78, 5) is 15.8. The maximum absolute atomic E-state index is 11.3. The highest BCUT2D eigenvalue weighted by Crippen LogP contribution is 2.13. The molecule has 0 spiro atoms. The van der Waals surface area contributed by atoms with E-state index in [0.717, 1.165) is 39.2 Å². The van der Waals surface area contributed by atoms with E-state index in [1.807, 2.05) is 6.07 Å². The molecule has 1 saturated heterocycles. The molecule has 2 N–H and O–H groups in total. The van der Waals surface area contributed by atoms with Crippen LogP contribution in [-0.2, 0) is 16.1 Å². The number of ether oxygens (including phenoxy) is 1. The van der Waals surface area contributed by atoms with E-state index in [4.69, 9.17) is 10.5 Å². The van der Waals surface area contributed by atoms with Crippen LogP contribution in [0.3, 0.4) is 0 Å². The molecule has 1 aromatic rings. The summed E-state index contributed by atoms with van der Waals surface area (Å²) in [6, 6.07) is 10.8. The summed E-state index contributed by atoms with van der Waals surface area (Å²) in [6.45, 7) is 8.85. The Kier molecular flexibility index (Phi) is 7.02. The van der Waals surface area contributed by atoms with Gasteiger partial charge in [0.2, 0.25) is 5.91 Å². The third-order valence-corrected chi connectivity index (χ3v) is 4.21. The highest BCUT2D eigenvalue weighted by atomic mass is 16.5. The van der Waals surface area contributed by atoms with Gasteiger partial charge in [0.15, 0.2) is 0 Å². The Morgan fingerprint density at radius 3 is 2.78 bits per heavy atom. The number of nitrogens with zero attached hydrogens (tertiary/aromatic N) is 2. The Morgan fingerprint density at radius 1 is 1.39 bits per heavy atom. The molecule has 1 aromatic carbocycles. The largest absolute Gasteiger partial charge is 0.376 e. The molecule has 128 valence electrons. The topological polar surface area (TPSA) is 58.8 Å². The molecule has 1 atom stereocenters. The van der Waals surface area contributed by atoms with Crippen LogP contribution in [0, 0.1) is 0 Å². The number of benzene rings is 1. The molecule has 5 nitrogen and oxygen atoms in total. The van der Waals surface area contributed by atoms with E-state index in [2.05, 4.69) is 47.9 Å². The van der Waals surface area contributed by atoms with Gasteiger partial charge >= 0.3 is 0 Å². The first-order valence-electron chi connectivity index (χ1n) is 8.45. The number of primary amides is 1. The van der Waals surface area contributed by atoms with Crippen LogP contribution in [0.25, 0.3) is 0 Å². The van der Waals surface area contributed by atoms with Gasteiger partial charge in [0, 0.05) is 38.8 Å². The van der Waals surface area contributed by atoms with Gasteiger partial charge in [-0.3, -0.25) is 14.6 Å². The van der Waals surface area contributed by atoms with Crippen molar-refractivity contribution in [2.24, 2.45) is 5.73 Å². The average Bonchev–Trinajstić information content (AvgIpc) is 2.72. The Morgan fingerprint density at radius 2 is 2.13 bits per heavy atom. The van der Waals surface area contributed by atoms with E-state index in [0.29, 0.717) is 0 Å². The fourth-order valence-electron chi connectivity index (χ4n) is 2.99. The SMILES string of the molecule is CC(C)N(CC(N)=O)C[C@H]1CN(Cc2ccccc2)CCCO1. The first kappa shape index (κ1) is 17.9. The van der Waals surface area contributed by atoms with E-state index in [9.17, 15) is 4.79 Å². The molecular formula is C18H29N3O2. The monoisotopic (exact) mass is 319 g/mol. The third-order valence-electron chi connectivity index (χ3n) is 4.21. The van der Waals surface area contributed by atoms with Crippen molar-refractivity contribution >= 4 is 5.91 Å². The van der Waals surface area contributed by atoms with Crippen molar-refractivity contribution in [2.75, 3.05) is 32.8 Å². The maximum Gasteiger partial charge on any atom is 0.231 e. The van der Waals surface area contributed by atoms with Crippen molar-refractivity contribution in [3.8, 4) is 0 Å². The second kappa shape index (κ2) is 9.01. The minimum absolute atomic E-state index is 0.114. The molecule has 5 heteroatoms. The van der Waals surface area contributed by atoms with Crippen molar-refractivity contribution in [3.63, 3.8) is 0 Å². The first-order valence-corrected chi connectivity index (χ1v) is 8.45. The molecule has 1 aliphatic rings. The molecule has 0 bridgehead atoms. The molecule has 23 heavy (non-hydrogen) atoms. The Balaban J connectivity index is 1.94. The third kappa shape index (κ3) is 6.29. The number of rotatable bonds is 7. The molecule has 0 aliphatic carbocycles. The second-order valence-corrected chi connectivity index (χ2v) is 6.56. The van der Waals surface area contributed by atoms with Crippen molar-refractivity contribution in [1.82, 2.24) is 9.80 Å². The van der Waals surface area contributed by atoms with Gasteiger partial charge < -0.3 is 10.5 Å². The molecule has 1 aliphatic heterocycles. The lowest BCUT2D eigenvalue weighted by atomic mass is 10.2. The zero-order valence-corrected chi connectivity index (χ0v) is 14.3. The van der Waals surface area contributed by atoms with Crippen molar-refractivity contribution in [3.05, 3.63) is 35.9 Å². The number of hydrogen-bond acceptors (Lipinski definition) is 4. The number of carbonyl (C=O) groups excluding carboxylic acids is 1. The summed E-state index contributed by atoms with van der Waals surface area (Å²) in [6.07, 6.45) is 1.16. The smallest absolute Gasteiger partial charge is 0.231 e. The van der Waals surface area contributed by atoms with Crippen LogP contribution in [0.2, 0.25) is 0 Å². The van der Waals surface area contributed by atoms with Gasteiger partial charge in [-0.15, -0.1) is 0 Å². The van der Waals surface area contributed by atoms with Crippen LogP contribution >= 0.6 is 0 Å². The molecule has 1 amide bonds. The van der Waals surface area contributed by atoms with Crippen LogP contribution < -0.4 is 5.73 Å². The van der Waals surface area contributed by atoms with E-state index >= 15 is 0 Å². The Hall–Kier alpha value is -1.43. The molecule has 0 unspecified atom stereocenters. The van der Waals surface area contributed by atoms with Crippen LogP contribution in [0.15, 0.2) is 30.3 Å². The van der Waals surface area contributed by atoms with Crippen molar-refractivity contribution in [1.29, 1.82) is 0 Å².